The van der Waals surface area contributed by atoms with Crippen LogP contribution in [0.15, 0.2) is 0 Å². The van der Waals surface area contributed by atoms with Crippen molar-refractivity contribution in [3.63, 3.8) is 0 Å². The number of nitro groups is 1. The summed E-state index contributed by atoms with van der Waals surface area (Å²) in [6.07, 6.45) is 4.30. The van der Waals surface area contributed by atoms with Crippen LogP contribution in [0.3, 0.4) is 0 Å². The van der Waals surface area contributed by atoms with Gasteiger partial charge in [0.2, 0.25) is 17.6 Å². The lowest BCUT2D eigenvalue weighted by molar-refractivity contribution is -0.383. The van der Waals surface area contributed by atoms with Gasteiger partial charge in [-0.05, 0) is 12.8 Å². The Morgan fingerprint density at radius 3 is 2.26 bits per heavy atom. The number of nitrogen functional groups attached to an aromatic ring is 1. The molecule has 0 saturated carbocycles. The molecule has 0 atom stereocenters. The molecule has 9 nitrogen and oxygen atoms in total. The van der Waals surface area contributed by atoms with Crippen LogP contribution in [-0.2, 0) is 4.74 Å². The van der Waals surface area contributed by atoms with Crippen LogP contribution in [0.1, 0.15) is 25.7 Å². The number of hydrogen-bond acceptors (Lipinski definition) is 8. The van der Waals surface area contributed by atoms with Crippen molar-refractivity contribution in [3.8, 4) is 0 Å². The van der Waals surface area contributed by atoms with Crippen molar-refractivity contribution in [1.82, 2.24) is 9.97 Å². The normalized spacial score (nSPS) is 19.5. The van der Waals surface area contributed by atoms with Crippen LogP contribution in [0.5, 0.6) is 0 Å². The molecule has 0 aromatic carbocycles. The van der Waals surface area contributed by atoms with Crippen LogP contribution in [0, 0.1) is 10.1 Å². The Hall–Kier alpha value is -2.16. The van der Waals surface area contributed by atoms with Gasteiger partial charge in [-0.15, -0.1) is 0 Å². The average molecular weight is 322 g/mol. The number of anilines is 3. The highest BCUT2D eigenvalue weighted by Crippen LogP contribution is 2.34. The zero-order valence-electron chi connectivity index (χ0n) is 13.1. The third kappa shape index (κ3) is 3.44. The first-order valence-corrected chi connectivity index (χ1v) is 8.06. The Labute approximate surface area is 134 Å². The molecule has 3 rings (SSSR count). The van der Waals surface area contributed by atoms with Gasteiger partial charge in [0, 0.05) is 26.2 Å². The molecule has 3 heterocycles. The molecule has 1 aromatic heterocycles. The smallest absolute Gasteiger partial charge is 0.353 e. The van der Waals surface area contributed by atoms with Gasteiger partial charge in [-0.1, -0.05) is 12.8 Å². The molecule has 0 bridgehead atoms. The minimum absolute atomic E-state index is 0.0641. The van der Waals surface area contributed by atoms with E-state index in [0.29, 0.717) is 38.1 Å². The van der Waals surface area contributed by atoms with Gasteiger partial charge in [0.05, 0.1) is 18.1 Å². The Balaban J connectivity index is 1.98. The fraction of sp³-hybridized carbons (Fsp3) is 0.714. The second kappa shape index (κ2) is 6.95. The lowest BCUT2D eigenvalue weighted by Gasteiger charge is -2.28. The second-order valence-electron chi connectivity index (χ2n) is 5.84. The maximum atomic E-state index is 11.4. The molecule has 23 heavy (non-hydrogen) atoms. The van der Waals surface area contributed by atoms with Gasteiger partial charge in [-0.2, -0.15) is 9.97 Å². The van der Waals surface area contributed by atoms with E-state index in [1.807, 2.05) is 9.80 Å². The summed E-state index contributed by atoms with van der Waals surface area (Å²) in [5.74, 6) is 0.743. The first-order chi connectivity index (χ1) is 11.2. The third-order valence-corrected chi connectivity index (χ3v) is 4.26. The minimum Gasteiger partial charge on any atom is -0.378 e. The predicted molar refractivity (Wildman–Crippen MR) is 86.8 cm³/mol. The summed E-state index contributed by atoms with van der Waals surface area (Å²) in [7, 11) is 0. The van der Waals surface area contributed by atoms with E-state index in [0.717, 1.165) is 38.8 Å². The third-order valence-electron chi connectivity index (χ3n) is 4.26. The number of nitrogens with zero attached hydrogens (tertiary/aromatic N) is 5. The fourth-order valence-corrected chi connectivity index (χ4v) is 3.03. The van der Waals surface area contributed by atoms with Gasteiger partial charge in [-0.25, -0.2) is 0 Å². The molecular weight excluding hydrogens is 300 g/mol. The van der Waals surface area contributed by atoms with E-state index in [2.05, 4.69) is 9.97 Å². The van der Waals surface area contributed by atoms with E-state index in [9.17, 15) is 10.1 Å². The molecule has 2 aliphatic rings. The highest BCUT2D eigenvalue weighted by Gasteiger charge is 2.29. The van der Waals surface area contributed by atoms with Crippen molar-refractivity contribution in [1.29, 1.82) is 0 Å². The van der Waals surface area contributed by atoms with Crippen LogP contribution in [0.25, 0.3) is 0 Å². The maximum absolute atomic E-state index is 11.4. The van der Waals surface area contributed by atoms with Crippen LogP contribution in [0.2, 0.25) is 0 Å². The highest BCUT2D eigenvalue weighted by molar-refractivity contribution is 5.71. The average Bonchev–Trinajstić information content (AvgIpc) is 2.83. The van der Waals surface area contributed by atoms with E-state index in [1.165, 1.54) is 0 Å². The summed E-state index contributed by atoms with van der Waals surface area (Å²) in [6.45, 7) is 4.05. The van der Waals surface area contributed by atoms with Crippen LogP contribution in [0.4, 0.5) is 23.3 Å². The lowest BCUT2D eigenvalue weighted by Crippen LogP contribution is -2.38. The number of nitrogens with two attached hydrogens (primary N) is 1. The number of hydrogen-bond donors (Lipinski definition) is 1. The number of ether oxygens (including phenoxy) is 1. The van der Waals surface area contributed by atoms with E-state index in [4.69, 9.17) is 10.5 Å². The first-order valence-electron chi connectivity index (χ1n) is 8.06. The molecule has 2 aliphatic heterocycles. The van der Waals surface area contributed by atoms with E-state index in [1.54, 1.807) is 0 Å². The lowest BCUT2D eigenvalue weighted by atomic mass is 10.2. The molecule has 0 aliphatic carbocycles. The summed E-state index contributed by atoms with van der Waals surface area (Å²) < 4.78 is 5.33. The van der Waals surface area contributed by atoms with E-state index >= 15 is 0 Å². The summed E-state index contributed by atoms with van der Waals surface area (Å²) in [6, 6.07) is 0. The molecule has 9 heteroatoms. The molecule has 0 unspecified atom stereocenters. The topological polar surface area (TPSA) is 111 Å². The van der Waals surface area contributed by atoms with Gasteiger partial charge in [0.25, 0.3) is 0 Å². The van der Waals surface area contributed by atoms with Gasteiger partial charge in [-0.3, -0.25) is 10.1 Å². The van der Waals surface area contributed by atoms with E-state index in [-0.39, 0.29) is 11.5 Å². The zero-order valence-corrected chi connectivity index (χ0v) is 13.1. The van der Waals surface area contributed by atoms with Crippen molar-refractivity contribution < 1.29 is 9.66 Å². The first kappa shape index (κ1) is 15.7. The van der Waals surface area contributed by atoms with Gasteiger partial charge < -0.3 is 20.3 Å². The Morgan fingerprint density at radius 1 is 1.00 bits per heavy atom. The maximum Gasteiger partial charge on any atom is 0.353 e. The molecule has 0 spiro atoms. The predicted octanol–water partition coefficient (Wildman–Crippen LogP) is 1.18. The van der Waals surface area contributed by atoms with Crippen molar-refractivity contribution in [2.75, 3.05) is 54.9 Å². The van der Waals surface area contributed by atoms with Crippen molar-refractivity contribution in [2.45, 2.75) is 25.7 Å². The number of morpholine rings is 1. The number of aromatic nitrogens is 2. The number of rotatable bonds is 3. The standard InChI is InChI=1S/C14H22N6O3/c15-12-11(20(21)22)13(18-5-3-1-2-4-6-18)17-14(16-12)19-7-9-23-10-8-19/h1-10H2,(H2,15,16,17). The van der Waals surface area contributed by atoms with Gasteiger partial charge >= 0.3 is 5.69 Å². The summed E-state index contributed by atoms with van der Waals surface area (Å²) in [5, 5.41) is 11.4. The Morgan fingerprint density at radius 2 is 1.65 bits per heavy atom. The Kier molecular flexibility index (Phi) is 4.75. The molecule has 2 fully saturated rings. The molecule has 2 saturated heterocycles. The molecule has 126 valence electrons. The molecular formula is C14H22N6O3. The molecule has 1 aromatic rings. The quantitative estimate of drug-likeness (QED) is 0.652. The van der Waals surface area contributed by atoms with Crippen molar-refractivity contribution in [3.05, 3.63) is 10.1 Å². The second-order valence-corrected chi connectivity index (χ2v) is 5.84. The zero-order chi connectivity index (χ0) is 16.2. The monoisotopic (exact) mass is 322 g/mol. The van der Waals surface area contributed by atoms with Gasteiger partial charge in [0.1, 0.15) is 0 Å². The Bertz CT molecular complexity index is 568. The fourth-order valence-electron chi connectivity index (χ4n) is 3.03. The molecule has 2 N–H and O–H groups in total. The van der Waals surface area contributed by atoms with Crippen molar-refractivity contribution in [2.24, 2.45) is 0 Å². The van der Waals surface area contributed by atoms with Crippen LogP contribution < -0.4 is 15.5 Å². The summed E-state index contributed by atoms with van der Waals surface area (Å²) in [4.78, 5) is 23.6. The summed E-state index contributed by atoms with van der Waals surface area (Å²) >= 11 is 0. The minimum atomic E-state index is -0.474. The van der Waals surface area contributed by atoms with Crippen LogP contribution in [-0.4, -0.2) is 54.3 Å². The van der Waals surface area contributed by atoms with Crippen molar-refractivity contribution >= 4 is 23.3 Å². The van der Waals surface area contributed by atoms with Crippen LogP contribution >= 0.6 is 0 Å². The van der Waals surface area contributed by atoms with E-state index < -0.39 is 4.92 Å². The SMILES string of the molecule is Nc1nc(N2CCOCC2)nc(N2CCCCCC2)c1[N+](=O)[O-]. The molecule has 0 amide bonds. The molecule has 0 radical (unpaired) electrons. The highest BCUT2D eigenvalue weighted by atomic mass is 16.6. The van der Waals surface area contributed by atoms with Gasteiger partial charge in [0.15, 0.2) is 0 Å². The largest absolute Gasteiger partial charge is 0.378 e. The summed E-state index contributed by atoms with van der Waals surface area (Å²) in [5.41, 5.74) is 5.72.